The number of ether oxygens (including phenoxy) is 3. The molecule has 0 bridgehead atoms. The maximum absolute atomic E-state index is 12.9. The first-order valence-corrected chi connectivity index (χ1v) is 9.55. The number of carbonyl (C=O) groups is 1. The third-order valence-corrected chi connectivity index (χ3v) is 6.02. The van der Waals surface area contributed by atoms with Crippen LogP contribution in [-0.2, 0) is 19.0 Å². The molecule has 2 spiro atoms. The van der Waals surface area contributed by atoms with Gasteiger partial charge in [0.15, 0.2) is 5.79 Å². The number of hydrogen-bond acceptors (Lipinski definition) is 5. The van der Waals surface area contributed by atoms with Crippen molar-refractivity contribution in [2.45, 2.75) is 62.8 Å². The topological polar surface area (TPSA) is 65.0 Å². The molecule has 5 nitrogen and oxygen atoms in total. The van der Waals surface area contributed by atoms with Crippen molar-refractivity contribution in [1.29, 1.82) is 0 Å². The van der Waals surface area contributed by atoms with Gasteiger partial charge in [-0.05, 0) is 24.8 Å². The average Bonchev–Trinajstić information content (AvgIpc) is 3.11. The van der Waals surface area contributed by atoms with Gasteiger partial charge in [0, 0.05) is 25.2 Å². The van der Waals surface area contributed by atoms with Gasteiger partial charge >= 0.3 is 5.97 Å². The van der Waals surface area contributed by atoms with Crippen molar-refractivity contribution in [3.63, 3.8) is 0 Å². The zero-order valence-electron chi connectivity index (χ0n) is 15.2. The molecular weight excluding hydrogens is 332 g/mol. The van der Waals surface area contributed by atoms with Crippen LogP contribution in [0.15, 0.2) is 41.7 Å². The lowest BCUT2D eigenvalue weighted by Gasteiger charge is -2.45. The highest BCUT2D eigenvalue weighted by Gasteiger charge is 2.51. The van der Waals surface area contributed by atoms with Crippen molar-refractivity contribution in [2.75, 3.05) is 13.2 Å². The minimum absolute atomic E-state index is 0.141. The highest BCUT2D eigenvalue weighted by atomic mass is 16.7. The van der Waals surface area contributed by atoms with Crippen LogP contribution in [0.2, 0.25) is 0 Å². The monoisotopic (exact) mass is 358 g/mol. The Morgan fingerprint density at radius 3 is 2.31 bits per heavy atom. The van der Waals surface area contributed by atoms with Gasteiger partial charge in [0.25, 0.3) is 0 Å². The molecule has 1 saturated carbocycles. The number of carbonyl (C=O) groups excluding carboxylic acids is 1. The SMILES string of the molecule is CCC(C1=C(O)CC2(CCC3(CC2)OCCO3)OC1=O)c1ccccc1. The number of rotatable bonds is 3. The molecular formula is C21H26O5. The average molecular weight is 358 g/mol. The molecule has 1 aliphatic carbocycles. The lowest BCUT2D eigenvalue weighted by Crippen LogP contribution is -2.48. The molecule has 1 saturated heterocycles. The summed E-state index contributed by atoms with van der Waals surface area (Å²) in [6, 6.07) is 9.83. The smallest absolute Gasteiger partial charge is 0.338 e. The summed E-state index contributed by atoms with van der Waals surface area (Å²) in [5.74, 6) is -0.847. The largest absolute Gasteiger partial charge is 0.512 e. The van der Waals surface area contributed by atoms with Crippen LogP contribution in [0.1, 0.15) is 56.9 Å². The van der Waals surface area contributed by atoms with Gasteiger partial charge in [0.1, 0.15) is 11.4 Å². The molecule has 5 heteroatoms. The standard InChI is InChI=1S/C21H26O5/c1-2-16(15-6-4-3-5-7-15)18-17(22)14-20(26-19(18)23)8-10-21(11-9-20)24-12-13-25-21/h3-7,16,22H,2,8-14H2,1H3. The van der Waals surface area contributed by atoms with Crippen molar-refractivity contribution >= 4 is 5.97 Å². The Balaban J connectivity index is 1.56. The van der Waals surface area contributed by atoms with Crippen molar-refractivity contribution < 1.29 is 24.1 Å². The maximum Gasteiger partial charge on any atom is 0.338 e. The van der Waals surface area contributed by atoms with Crippen LogP contribution in [0.5, 0.6) is 0 Å². The molecule has 2 fully saturated rings. The molecule has 2 heterocycles. The van der Waals surface area contributed by atoms with Crippen molar-refractivity contribution in [3.8, 4) is 0 Å². The Labute approximate surface area is 153 Å². The van der Waals surface area contributed by atoms with E-state index in [1.807, 2.05) is 37.3 Å². The number of aliphatic hydroxyl groups excluding tert-OH is 1. The van der Waals surface area contributed by atoms with Gasteiger partial charge in [-0.2, -0.15) is 0 Å². The minimum atomic E-state index is -0.625. The lowest BCUT2D eigenvalue weighted by molar-refractivity contribution is -0.213. The zero-order chi connectivity index (χ0) is 18.2. The highest BCUT2D eigenvalue weighted by molar-refractivity contribution is 5.92. The van der Waals surface area contributed by atoms with E-state index in [4.69, 9.17) is 14.2 Å². The van der Waals surface area contributed by atoms with Crippen LogP contribution < -0.4 is 0 Å². The Kier molecular flexibility index (Phi) is 4.53. The van der Waals surface area contributed by atoms with E-state index in [-0.39, 0.29) is 17.6 Å². The van der Waals surface area contributed by atoms with Gasteiger partial charge < -0.3 is 19.3 Å². The van der Waals surface area contributed by atoms with E-state index in [0.717, 1.165) is 12.0 Å². The van der Waals surface area contributed by atoms with E-state index < -0.39 is 11.4 Å². The second-order valence-electron chi connectivity index (χ2n) is 7.59. The molecule has 140 valence electrons. The van der Waals surface area contributed by atoms with Crippen LogP contribution >= 0.6 is 0 Å². The van der Waals surface area contributed by atoms with Crippen molar-refractivity contribution in [2.24, 2.45) is 0 Å². The minimum Gasteiger partial charge on any atom is -0.512 e. The number of esters is 1. The van der Waals surface area contributed by atoms with E-state index in [0.29, 0.717) is 50.9 Å². The number of benzene rings is 1. The fourth-order valence-electron chi connectivity index (χ4n) is 4.59. The third kappa shape index (κ3) is 3.03. The summed E-state index contributed by atoms with van der Waals surface area (Å²) in [7, 11) is 0. The molecule has 0 aromatic heterocycles. The van der Waals surface area contributed by atoms with Gasteiger partial charge in [0.2, 0.25) is 0 Å². The summed E-state index contributed by atoms with van der Waals surface area (Å²) in [6.45, 7) is 3.27. The fourth-order valence-corrected chi connectivity index (χ4v) is 4.59. The molecule has 26 heavy (non-hydrogen) atoms. The Morgan fingerprint density at radius 1 is 1.08 bits per heavy atom. The molecule has 1 N–H and O–H groups in total. The molecule has 0 radical (unpaired) electrons. The predicted molar refractivity (Wildman–Crippen MR) is 95.7 cm³/mol. The second kappa shape index (κ2) is 6.71. The summed E-state index contributed by atoms with van der Waals surface area (Å²) in [6.07, 6.45) is 3.80. The molecule has 1 aromatic carbocycles. The van der Waals surface area contributed by atoms with Crippen LogP contribution in [0.3, 0.4) is 0 Å². The number of hydrogen-bond donors (Lipinski definition) is 1. The van der Waals surface area contributed by atoms with Gasteiger partial charge in [-0.15, -0.1) is 0 Å². The van der Waals surface area contributed by atoms with Gasteiger partial charge in [0.05, 0.1) is 18.8 Å². The van der Waals surface area contributed by atoms with Gasteiger partial charge in [-0.25, -0.2) is 4.79 Å². The fraction of sp³-hybridized carbons (Fsp3) is 0.571. The van der Waals surface area contributed by atoms with E-state index >= 15 is 0 Å². The van der Waals surface area contributed by atoms with E-state index in [1.165, 1.54) is 0 Å². The lowest BCUT2D eigenvalue weighted by atomic mass is 9.75. The maximum atomic E-state index is 12.9. The highest BCUT2D eigenvalue weighted by Crippen LogP contribution is 2.48. The van der Waals surface area contributed by atoms with E-state index in [9.17, 15) is 9.90 Å². The zero-order valence-corrected chi connectivity index (χ0v) is 15.2. The van der Waals surface area contributed by atoms with Crippen LogP contribution in [0.25, 0.3) is 0 Å². The summed E-state index contributed by atoms with van der Waals surface area (Å²) in [4.78, 5) is 12.9. The molecule has 4 rings (SSSR count). The first kappa shape index (κ1) is 17.6. The summed E-state index contributed by atoms with van der Waals surface area (Å²) in [5, 5.41) is 10.8. The van der Waals surface area contributed by atoms with Crippen LogP contribution in [-0.4, -0.2) is 35.7 Å². The summed E-state index contributed by atoms with van der Waals surface area (Å²) in [5.41, 5.74) is 0.818. The number of aliphatic hydroxyl groups is 1. The second-order valence-corrected chi connectivity index (χ2v) is 7.59. The first-order chi connectivity index (χ1) is 12.6. The Hall–Kier alpha value is -1.85. The predicted octanol–water partition coefficient (Wildman–Crippen LogP) is 4.00. The summed E-state index contributed by atoms with van der Waals surface area (Å²) >= 11 is 0. The summed E-state index contributed by atoms with van der Waals surface area (Å²) < 4.78 is 17.5. The normalized spacial score (nSPS) is 25.5. The third-order valence-electron chi connectivity index (χ3n) is 6.02. The van der Waals surface area contributed by atoms with Crippen molar-refractivity contribution in [1.82, 2.24) is 0 Å². The molecule has 1 atom stereocenters. The Morgan fingerprint density at radius 2 is 1.73 bits per heavy atom. The molecule has 2 aliphatic heterocycles. The molecule has 1 aromatic rings. The molecule has 1 unspecified atom stereocenters. The Bertz CT molecular complexity index is 692. The van der Waals surface area contributed by atoms with Crippen LogP contribution in [0.4, 0.5) is 0 Å². The molecule has 3 aliphatic rings. The first-order valence-electron chi connectivity index (χ1n) is 9.55. The quantitative estimate of drug-likeness (QED) is 0.828. The van der Waals surface area contributed by atoms with Crippen LogP contribution in [0, 0.1) is 0 Å². The molecule has 0 amide bonds. The van der Waals surface area contributed by atoms with Gasteiger partial charge in [-0.1, -0.05) is 37.3 Å². The van der Waals surface area contributed by atoms with E-state index in [1.54, 1.807) is 0 Å². The van der Waals surface area contributed by atoms with E-state index in [2.05, 4.69) is 0 Å². The van der Waals surface area contributed by atoms with Crippen molar-refractivity contribution in [3.05, 3.63) is 47.2 Å². The van der Waals surface area contributed by atoms with Gasteiger partial charge in [-0.3, -0.25) is 0 Å².